The van der Waals surface area contributed by atoms with Gasteiger partial charge in [-0.3, -0.25) is 4.79 Å². The highest BCUT2D eigenvalue weighted by molar-refractivity contribution is 6.50. The average Bonchev–Trinajstić information content (AvgIpc) is 1.63. The summed E-state index contributed by atoms with van der Waals surface area (Å²) in [6, 6.07) is 0. The molecule has 0 aromatic heterocycles. The van der Waals surface area contributed by atoms with Crippen LogP contribution < -0.4 is 0 Å². The molecule has 10 heavy (non-hydrogen) atoms. The zero-order chi connectivity index (χ0) is 8.62. The van der Waals surface area contributed by atoms with E-state index < -0.39 is 7.25 Å². The summed E-state index contributed by atoms with van der Waals surface area (Å²) >= 11 is 0. The van der Waals surface area contributed by atoms with Crippen LogP contribution in [0.5, 0.6) is 0 Å². The largest absolute Gasteiger partial charge is 0.673 e. The van der Waals surface area contributed by atoms with Crippen molar-refractivity contribution in [3.8, 4) is 0 Å². The molecule has 0 amide bonds. The first-order valence-corrected chi connectivity index (χ1v) is 2.34. The third-order valence-electron chi connectivity index (χ3n) is 0.235. The van der Waals surface area contributed by atoms with Crippen molar-refractivity contribution in [2.24, 2.45) is 0 Å². The summed E-state index contributed by atoms with van der Waals surface area (Å²) in [5, 5.41) is 0. The quantitative estimate of drug-likeness (QED) is 0.348. The van der Waals surface area contributed by atoms with Gasteiger partial charge in [0.1, 0.15) is 0 Å². The topological polar surface area (TPSA) is 26.3 Å². The van der Waals surface area contributed by atoms with Crippen molar-refractivity contribution in [2.75, 3.05) is 6.61 Å². The van der Waals surface area contributed by atoms with Gasteiger partial charge in [-0.2, -0.15) is 0 Å². The Labute approximate surface area is 55.3 Å². The molecule has 0 heterocycles. The van der Waals surface area contributed by atoms with Gasteiger partial charge >= 0.3 is 7.25 Å². The molecule has 0 aromatic carbocycles. The van der Waals surface area contributed by atoms with Crippen LogP contribution in [0.15, 0.2) is 0 Å². The number of hydrogen-bond donors (Lipinski definition) is 0. The summed E-state index contributed by atoms with van der Waals surface area (Å²) in [6.07, 6.45) is 0. The third-order valence-corrected chi connectivity index (χ3v) is 0.235. The molecule has 0 spiro atoms. The lowest BCUT2D eigenvalue weighted by molar-refractivity contribution is -0.128. The molecule has 0 unspecified atom stereocenters. The second-order valence-corrected chi connectivity index (χ2v) is 1.05. The van der Waals surface area contributed by atoms with Crippen molar-refractivity contribution in [2.45, 2.75) is 6.92 Å². The number of ether oxygens (including phenoxy) is 1. The van der Waals surface area contributed by atoms with E-state index in [0.717, 1.165) is 0 Å². The Balaban J connectivity index is 0. The molecular formula is C3H6BF4O2-. The molecule has 0 rings (SSSR count). The van der Waals surface area contributed by atoms with Crippen LogP contribution >= 0.6 is 0 Å². The first kappa shape index (κ1) is 12.0. The molecule has 7 heteroatoms. The Hall–Kier alpha value is -0.745. The van der Waals surface area contributed by atoms with Gasteiger partial charge in [0, 0.05) is 0 Å². The van der Waals surface area contributed by atoms with E-state index in [2.05, 4.69) is 4.74 Å². The van der Waals surface area contributed by atoms with Gasteiger partial charge in [0.2, 0.25) is 0 Å². The van der Waals surface area contributed by atoms with Gasteiger partial charge in [-0.05, 0) is 6.92 Å². The van der Waals surface area contributed by atoms with E-state index in [4.69, 9.17) is 0 Å². The molecular weight excluding hydrogens is 155 g/mol. The Morgan fingerprint density at radius 2 is 1.70 bits per heavy atom. The van der Waals surface area contributed by atoms with Crippen LogP contribution in [0, 0.1) is 0 Å². The van der Waals surface area contributed by atoms with E-state index in [-0.39, 0.29) is 0 Å². The van der Waals surface area contributed by atoms with Crippen LogP contribution in [0.3, 0.4) is 0 Å². The van der Waals surface area contributed by atoms with Crippen LogP contribution in [0.2, 0.25) is 0 Å². The molecule has 0 atom stereocenters. The van der Waals surface area contributed by atoms with Crippen LogP contribution in [0.25, 0.3) is 0 Å². The van der Waals surface area contributed by atoms with Crippen molar-refractivity contribution >= 4 is 13.7 Å². The first-order valence-electron chi connectivity index (χ1n) is 2.34. The fourth-order valence-electron chi connectivity index (χ4n) is 0.0680. The van der Waals surface area contributed by atoms with Crippen LogP contribution in [-0.4, -0.2) is 20.3 Å². The van der Waals surface area contributed by atoms with E-state index in [0.29, 0.717) is 13.1 Å². The highest BCUT2D eigenvalue weighted by atomic mass is 19.5. The van der Waals surface area contributed by atoms with E-state index in [1.165, 1.54) is 0 Å². The van der Waals surface area contributed by atoms with Gasteiger partial charge < -0.3 is 22.0 Å². The number of carbonyl (C=O) groups is 1. The third kappa shape index (κ3) is 180. The standard InChI is InChI=1S/C3H6O2.BF4/c1-2-5-3-4;2-1(3,4)5/h3H,2H2,1H3;/q;-1. The Kier molecular flexibility index (Phi) is 7.64. The molecule has 0 bridgehead atoms. The van der Waals surface area contributed by atoms with Gasteiger partial charge in [-0.1, -0.05) is 0 Å². The molecule has 0 saturated carbocycles. The summed E-state index contributed by atoms with van der Waals surface area (Å²) in [6.45, 7) is 2.66. The minimum Gasteiger partial charge on any atom is -0.468 e. The molecule has 0 fully saturated rings. The lowest BCUT2D eigenvalue weighted by Crippen LogP contribution is -2.02. The summed E-state index contributed by atoms with van der Waals surface area (Å²) in [4.78, 5) is 9.18. The first-order chi connectivity index (χ1) is 4.41. The predicted molar refractivity (Wildman–Crippen MR) is 27.9 cm³/mol. The Morgan fingerprint density at radius 3 is 1.70 bits per heavy atom. The number of hydrogen-bond acceptors (Lipinski definition) is 2. The van der Waals surface area contributed by atoms with E-state index in [1.807, 2.05) is 0 Å². The van der Waals surface area contributed by atoms with Gasteiger partial charge in [0.25, 0.3) is 6.47 Å². The van der Waals surface area contributed by atoms with Crippen LogP contribution in [0.1, 0.15) is 6.92 Å². The predicted octanol–water partition coefficient (Wildman–Crippen LogP) is 1.48. The summed E-state index contributed by atoms with van der Waals surface area (Å²) < 4.78 is 43.2. The maximum atomic E-state index is 9.75. The maximum Gasteiger partial charge on any atom is 0.673 e. The van der Waals surface area contributed by atoms with Crippen molar-refractivity contribution < 1.29 is 26.8 Å². The van der Waals surface area contributed by atoms with Gasteiger partial charge in [0.15, 0.2) is 0 Å². The van der Waals surface area contributed by atoms with Crippen molar-refractivity contribution in [1.82, 2.24) is 0 Å². The van der Waals surface area contributed by atoms with Crippen molar-refractivity contribution in [3.05, 3.63) is 0 Å². The van der Waals surface area contributed by atoms with Crippen LogP contribution in [0.4, 0.5) is 17.3 Å². The molecule has 0 N–H and O–H groups in total. The Bertz CT molecular complexity index is 77.1. The highest BCUT2D eigenvalue weighted by Crippen LogP contribution is 2.06. The number of rotatable bonds is 2. The molecule has 0 aromatic rings. The van der Waals surface area contributed by atoms with Gasteiger partial charge in [-0.15, -0.1) is 0 Å². The van der Waals surface area contributed by atoms with Crippen molar-refractivity contribution in [1.29, 1.82) is 0 Å². The maximum absolute atomic E-state index is 9.75. The SMILES string of the molecule is CCOC=O.F[B-](F)(F)F. The second kappa shape index (κ2) is 6.38. The lowest BCUT2D eigenvalue weighted by Gasteiger charge is -1.94. The molecule has 0 saturated heterocycles. The fraction of sp³-hybridized carbons (Fsp3) is 0.667. The number of halogens is 4. The normalized spacial score (nSPS) is 9.30. The number of carbonyl (C=O) groups excluding carboxylic acids is 1. The van der Waals surface area contributed by atoms with E-state index in [1.54, 1.807) is 6.92 Å². The smallest absolute Gasteiger partial charge is 0.468 e. The van der Waals surface area contributed by atoms with Crippen molar-refractivity contribution in [3.63, 3.8) is 0 Å². The minimum atomic E-state index is -6.00. The lowest BCUT2D eigenvalue weighted by atomic mass is 10.3. The Morgan fingerprint density at radius 1 is 1.40 bits per heavy atom. The average molecular weight is 161 g/mol. The molecule has 0 aliphatic rings. The molecule has 62 valence electrons. The highest BCUT2D eigenvalue weighted by Gasteiger charge is 2.20. The monoisotopic (exact) mass is 161 g/mol. The van der Waals surface area contributed by atoms with Gasteiger partial charge in [0.05, 0.1) is 6.61 Å². The summed E-state index contributed by atoms with van der Waals surface area (Å²) in [7, 11) is -6.00. The fourth-order valence-corrected chi connectivity index (χ4v) is 0.0680. The van der Waals surface area contributed by atoms with Gasteiger partial charge in [-0.25, -0.2) is 0 Å². The van der Waals surface area contributed by atoms with E-state index >= 15 is 0 Å². The molecule has 0 aliphatic carbocycles. The molecule has 0 radical (unpaired) electrons. The molecule has 0 aliphatic heterocycles. The summed E-state index contributed by atoms with van der Waals surface area (Å²) in [5.41, 5.74) is 0. The second-order valence-electron chi connectivity index (χ2n) is 1.05. The molecule has 2 nitrogen and oxygen atoms in total. The zero-order valence-electron chi connectivity index (χ0n) is 5.19. The van der Waals surface area contributed by atoms with E-state index in [9.17, 15) is 22.1 Å². The zero-order valence-corrected chi connectivity index (χ0v) is 5.19. The minimum absolute atomic E-state index is 0.431. The summed E-state index contributed by atoms with van der Waals surface area (Å²) in [5.74, 6) is 0. The van der Waals surface area contributed by atoms with Crippen LogP contribution in [-0.2, 0) is 9.53 Å².